The SMILES string of the molecule is COc1ccc(CN(C(=O)CN(c2ccc(OC)c(OC)c2)S(C)(=O)=O)[C@@H](C)C(=O)NC(C)(C)C)cc1. The average molecular weight is 536 g/mol. The second-order valence-corrected chi connectivity index (χ2v) is 11.5. The van der Waals surface area contributed by atoms with E-state index in [1.165, 1.54) is 31.3 Å². The molecule has 0 saturated carbocycles. The molecule has 37 heavy (non-hydrogen) atoms. The molecule has 1 N–H and O–H groups in total. The number of amides is 2. The largest absolute Gasteiger partial charge is 0.497 e. The Bertz CT molecular complexity index is 1190. The van der Waals surface area contributed by atoms with Crippen molar-refractivity contribution in [3.8, 4) is 17.2 Å². The molecule has 0 bridgehead atoms. The molecule has 2 amide bonds. The van der Waals surface area contributed by atoms with Crippen LogP contribution in [0.3, 0.4) is 0 Å². The van der Waals surface area contributed by atoms with E-state index in [1.54, 1.807) is 44.4 Å². The number of nitrogens with zero attached hydrogens (tertiary/aromatic N) is 2. The molecule has 0 saturated heterocycles. The van der Waals surface area contributed by atoms with E-state index in [1.807, 2.05) is 20.8 Å². The van der Waals surface area contributed by atoms with Crippen LogP contribution in [0.1, 0.15) is 33.3 Å². The number of sulfonamides is 1. The van der Waals surface area contributed by atoms with Crippen molar-refractivity contribution in [2.75, 3.05) is 38.4 Å². The van der Waals surface area contributed by atoms with Crippen LogP contribution in [0.15, 0.2) is 42.5 Å². The maximum absolute atomic E-state index is 13.6. The second-order valence-electron chi connectivity index (χ2n) is 9.59. The summed E-state index contributed by atoms with van der Waals surface area (Å²) in [7, 11) is 0.581. The molecule has 0 heterocycles. The van der Waals surface area contributed by atoms with E-state index >= 15 is 0 Å². The molecule has 0 unspecified atom stereocenters. The normalized spacial score (nSPS) is 12.3. The van der Waals surface area contributed by atoms with Gasteiger partial charge < -0.3 is 24.4 Å². The lowest BCUT2D eigenvalue weighted by Crippen LogP contribution is -2.54. The van der Waals surface area contributed by atoms with E-state index in [2.05, 4.69) is 5.32 Å². The van der Waals surface area contributed by atoms with Crippen LogP contribution in [0.5, 0.6) is 17.2 Å². The molecule has 0 spiro atoms. The van der Waals surface area contributed by atoms with E-state index in [-0.39, 0.29) is 18.1 Å². The van der Waals surface area contributed by atoms with Crippen molar-refractivity contribution in [1.29, 1.82) is 0 Å². The van der Waals surface area contributed by atoms with Crippen LogP contribution in [0.4, 0.5) is 5.69 Å². The zero-order valence-electron chi connectivity index (χ0n) is 22.7. The van der Waals surface area contributed by atoms with Crippen molar-refractivity contribution in [1.82, 2.24) is 10.2 Å². The Kier molecular flexibility index (Phi) is 9.80. The average Bonchev–Trinajstić information content (AvgIpc) is 2.83. The number of benzene rings is 2. The first kappa shape index (κ1) is 29.8. The summed E-state index contributed by atoms with van der Waals surface area (Å²) in [5.41, 5.74) is 0.463. The van der Waals surface area contributed by atoms with Crippen LogP contribution in [0.25, 0.3) is 0 Å². The number of carbonyl (C=O) groups excluding carboxylic acids is 2. The van der Waals surface area contributed by atoms with Gasteiger partial charge in [0.1, 0.15) is 18.3 Å². The van der Waals surface area contributed by atoms with Gasteiger partial charge in [0.25, 0.3) is 0 Å². The summed E-state index contributed by atoms with van der Waals surface area (Å²) in [6.07, 6.45) is 1.01. The van der Waals surface area contributed by atoms with Gasteiger partial charge in [-0.15, -0.1) is 0 Å². The first-order valence-corrected chi connectivity index (χ1v) is 13.5. The summed E-state index contributed by atoms with van der Waals surface area (Å²) in [5.74, 6) is 0.476. The van der Waals surface area contributed by atoms with Crippen molar-refractivity contribution in [2.24, 2.45) is 0 Å². The van der Waals surface area contributed by atoms with Gasteiger partial charge in [-0.3, -0.25) is 13.9 Å². The topological polar surface area (TPSA) is 114 Å². The maximum atomic E-state index is 13.6. The van der Waals surface area contributed by atoms with Gasteiger partial charge in [-0.05, 0) is 57.5 Å². The van der Waals surface area contributed by atoms with Gasteiger partial charge in [-0.25, -0.2) is 8.42 Å². The fourth-order valence-electron chi connectivity index (χ4n) is 3.58. The van der Waals surface area contributed by atoms with Crippen molar-refractivity contribution >= 4 is 27.5 Å². The van der Waals surface area contributed by atoms with Crippen molar-refractivity contribution < 1.29 is 32.2 Å². The third kappa shape index (κ3) is 8.28. The van der Waals surface area contributed by atoms with Crippen LogP contribution in [-0.4, -0.2) is 70.8 Å². The highest BCUT2D eigenvalue weighted by Crippen LogP contribution is 2.32. The van der Waals surface area contributed by atoms with Crippen molar-refractivity contribution in [3.05, 3.63) is 48.0 Å². The lowest BCUT2D eigenvalue weighted by atomic mass is 10.1. The molecule has 2 aromatic carbocycles. The highest BCUT2D eigenvalue weighted by molar-refractivity contribution is 7.92. The molecule has 2 aromatic rings. The van der Waals surface area contributed by atoms with E-state index in [0.29, 0.717) is 17.2 Å². The molecule has 11 heteroatoms. The van der Waals surface area contributed by atoms with Crippen molar-refractivity contribution in [3.63, 3.8) is 0 Å². The summed E-state index contributed by atoms with van der Waals surface area (Å²) in [6, 6.07) is 10.8. The smallest absolute Gasteiger partial charge is 0.244 e. The predicted molar refractivity (Wildman–Crippen MR) is 143 cm³/mol. The summed E-state index contributed by atoms with van der Waals surface area (Å²) in [6.45, 7) is 6.72. The van der Waals surface area contributed by atoms with E-state index in [9.17, 15) is 18.0 Å². The Morgan fingerprint density at radius 3 is 2.03 bits per heavy atom. The quantitative estimate of drug-likeness (QED) is 0.471. The lowest BCUT2D eigenvalue weighted by molar-refractivity contribution is -0.140. The Labute approximate surface area is 219 Å². The van der Waals surface area contributed by atoms with Crippen LogP contribution < -0.4 is 23.8 Å². The van der Waals surface area contributed by atoms with E-state index < -0.39 is 34.1 Å². The van der Waals surface area contributed by atoms with Gasteiger partial charge in [-0.1, -0.05) is 12.1 Å². The number of ether oxygens (including phenoxy) is 3. The predicted octanol–water partition coefficient (Wildman–Crippen LogP) is 2.81. The molecule has 0 aliphatic heterocycles. The number of rotatable bonds is 11. The monoisotopic (exact) mass is 535 g/mol. The molecular formula is C26H37N3O7S. The number of methoxy groups -OCH3 is 3. The third-order valence-corrected chi connectivity index (χ3v) is 6.65. The Morgan fingerprint density at radius 1 is 0.946 bits per heavy atom. The van der Waals surface area contributed by atoms with Crippen LogP contribution in [-0.2, 0) is 26.2 Å². The number of hydrogen-bond donors (Lipinski definition) is 1. The van der Waals surface area contributed by atoms with E-state index in [0.717, 1.165) is 16.1 Å². The first-order valence-electron chi connectivity index (χ1n) is 11.6. The number of anilines is 1. The van der Waals surface area contributed by atoms with Crippen LogP contribution >= 0.6 is 0 Å². The Hall–Kier alpha value is -3.47. The fraction of sp³-hybridized carbons (Fsp3) is 0.462. The van der Waals surface area contributed by atoms with Crippen LogP contribution in [0.2, 0.25) is 0 Å². The van der Waals surface area contributed by atoms with Gasteiger partial charge in [-0.2, -0.15) is 0 Å². The molecule has 0 fully saturated rings. The van der Waals surface area contributed by atoms with Gasteiger partial charge in [0.2, 0.25) is 21.8 Å². The summed E-state index contributed by atoms with van der Waals surface area (Å²) in [4.78, 5) is 28.0. The minimum absolute atomic E-state index is 0.0884. The molecule has 2 rings (SSSR count). The molecule has 1 atom stereocenters. The Morgan fingerprint density at radius 2 is 1.54 bits per heavy atom. The lowest BCUT2D eigenvalue weighted by Gasteiger charge is -2.33. The molecular weight excluding hydrogens is 498 g/mol. The van der Waals surface area contributed by atoms with Crippen LogP contribution in [0, 0.1) is 0 Å². The summed E-state index contributed by atoms with van der Waals surface area (Å²) >= 11 is 0. The summed E-state index contributed by atoms with van der Waals surface area (Å²) < 4.78 is 42.2. The maximum Gasteiger partial charge on any atom is 0.244 e. The van der Waals surface area contributed by atoms with Crippen molar-refractivity contribution in [2.45, 2.75) is 45.8 Å². The zero-order valence-corrected chi connectivity index (χ0v) is 23.5. The van der Waals surface area contributed by atoms with Gasteiger partial charge in [0.15, 0.2) is 11.5 Å². The molecule has 0 aliphatic rings. The molecule has 10 nitrogen and oxygen atoms in total. The second kappa shape index (κ2) is 12.2. The van der Waals surface area contributed by atoms with Gasteiger partial charge >= 0.3 is 0 Å². The minimum Gasteiger partial charge on any atom is -0.497 e. The molecule has 204 valence electrons. The molecule has 0 aromatic heterocycles. The van der Waals surface area contributed by atoms with Gasteiger partial charge in [0, 0.05) is 18.2 Å². The zero-order chi connectivity index (χ0) is 28.0. The minimum atomic E-state index is -3.88. The first-order chi connectivity index (χ1) is 17.2. The molecule has 0 radical (unpaired) electrons. The fourth-order valence-corrected chi connectivity index (χ4v) is 4.42. The molecule has 0 aliphatic carbocycles. The highest BCUT2D eigenvalue weighted by Gasteiger charge is 2.31. The third-order valence-electron chi connectivity index (χ3n) is 5.51. The van der Waals surface area contributed by atoms with Gasteiger partial charge in [0.05, 0.1) is 33.3 Å². The standard InChI is InChI=1S/C26H37N3O7S/c1-18(25(31)27-26(2,3)4)28(16-19-9-12-21(34-5)13-10-19)24(30)17-29(37(8,32)33)20-11-14-22(35-6)23(15-20)36-7/h9-15,18H,16-17H2,1-8H3,(H,27,31)/t18-/m0/s1. The number of hydrogen-bond acceptors (Lipinski definition) is 7. The van der Waals surface area contributed by atoms with E-state index in [4.69, 9.17) is 14.2 Å². The number of nitrogens with one attached hydrogen (secondary N) is 1. The number of carbonyl (C=O) groups is 2. The Balaban J connectivity index is 2.45. The summed E-state index contributed by atoms with van der Waals surface area (Å²) in [5, 5.41) is 2.89. The highest BCUT2D eigenvalue weighted by atomic mass is 32.2.